The van der Waals surface area contributed by atoms with Gasteiger partial charge in [0.05, 0.1) is 0 Å². The molecule has 4 nitrogen and oxygen atoms in total. The van der Waals surface area contributed by atoms with Gasteiger partial charge in [-0.1, -0.05) is 0 Å². The minimum Gasteiger partial charge on any atom is -0.679 e. The fourth-order valence-corrected chi connectivity index (χ4v) is 0.553. The van der Waals surface area contributed by atoms with Gasteiger partial charge in [-0.05, 0) is 27.1 Å². The van der Waals surface area contributed by atoms with Gasteiger partial charge in [0.2, 0.25) is 0 Å². The van der Waals surface area contributed by atoms with Crippen molar-refractivity contribution in [2.45, 2.75) is 27.7 Å². The third-order valence-corrected chi connectivity index (χ3v) is 1.41. The van der Waals surface area contributed by atoms with E-state index in [1.165, 1.54) is 0 Å². The van der Waals surface area contributed by atoms with E-state index in [0.717, 1.165) is 13.2 Å². The molecule has 14 heavy (non-hydrogen) atoms. The van der Waals surface area contributed by atoms with Crippen LogP contribution in [0.1, 0.15) is 27.7 Å². The summed E-state index contributed by atoms with van der Waals surface area (Å²) in [6, 6.07) is 0. The zero-order valence-corrected chi connectivity index (χ0v) is 12.8. The van der Waals surface area contributed by atoms with Crippen molar-refractivity contribution in [1.82, 2.24) is 0 Å². The largest absolute Gasteiger partial charge is 0.679 e. The Kier molecular flexibility index (Phi) is 64.2. The Morgan fingerprint density at radius 1 is 0.857 bits per heavy atom. The van der Waals surface area contributed by atoms with Gasteiger partial charge in [0.15, 0.2) is 0 Å². The minimum absolute atomic E-state index is 0. The average molecular weight is 256 g/mol. The summed E-state index contributed by atoms with van der Waals surface area (Å²) < 4.78 is 9.87. The molecule has 0 heterocycles. The molecule has 6 heteroatoms. The van der Waals surface area contributed by atoms with Crippen LogP contribution >= 0.6 is 0 Å². The Hall–Kier alpha value is 1.24. The van der Waals surface area contributed by atoms with E-state index in [-0.39, 0.29) is 41.7 Å². The second-order valence-electron chi connectivity index (χ2n) is 1.71. The molecule has 0 aliphatic rings. The van der Waals surface area contributed by atoms with Gasteiger partial charge in [-0.25, -0.2) is 0 Å². The summed E-state index contributed by atoms with van der Waals surface area (Å²) in [5.74, 6) is 0. The number of hydrogen-bond donors (Lipinski definition) is 0. The van der Waals surface area contributed by atoms with Crippen LogP contribution < -0.4 is 0 Å². The van der Waals surface area contributed by atoms with Crippen molar-refractivity contribution in [3.05, 3.63) is 0 Å². The molecule has 0 bridgehead atoms. The molecule has 3 radical (unpaired) electrons. The Labute approximate surface area is 113 Å². The predicted molar refractivity (Wildman–Crippen MR) is 57.3 cm³/mol. The van der Waals surface area contributed by atoms with Crippen molar-refractivity contribution in [2.75, 3.05) is 26.4 Å². The molecule has 0 aromatic heterocycles. The maximum absolute atomic E-state index is 6.21. The zero-order chi connectivity index (χ0) is 10.9. The first-order chi connectivity index (χ1) is 6.24. The molecule has 0 aromatic rings. The van der Waals surface area contributed by atoms with Gasteiger partial charge in [-0.2, -0.15) is 0 Å². The number of hydrogen-bond acceptors (Lipinski definition) is 2. The topological polar surface area (TPSA) is 64.3 Å². The smallest absolute Gasteiger partial charge is 0.140 e. The van der Waals surface area contributed by atoms with Gasteiger partial charge in [0, 0.05) is 39.7 Å². The van der Waals surface area contributed by atoms with Gasteiger partial charge >= 0.3 is 0 Å². The first kappa shape index (κ1) is 24.5. The van der Waals surface area contributed by atoms with Crippen molar-refractivity contribution in [3.63, 3.8) is 0 Å². The molecule has 0 saturated carbocycles. The van der Waals surface area contributed by atoms with Crippen LogP contribution in [0.25, 0.3) is 0 Å². The first-order valence-corrected chi connectivity index (χ1v) is 5.53. The summed E-state index contributed by atoms with van der Waals surface area (Å²) in [6.07, 6.45) is 0. The van der Waals surface area contributed by atoms with Crippen LogP contribution in [0.15, 0.2) is 0 Å². The monoisotopic (exact) mass is 256 g/mol. The average Bonchev–Trinajstić information content (AvgIpc) is 2.08. The van der Waals surface area contributed by atoms with Crippen molar-refractivity contribution in [1.29, 1.82) is 0 Å². The van der Waals surface area contributed by atoms with E-state index in [1.807, 2.05) is 13.8 Å². The predicted octanol–water partition coefficient (Wildman–Crippen LogP) is 0.0529. The van der Waals surface area contributed by atoms with E-state index in [0.29, 0.717) is 13.2 Å². The fourth-order valence-electron chi connectivity index (χ4n) is 0.184. The summed E-state index contributed by atoms with van der Waals surface area (Å²) >= 11 is -0.178. The van der Waals surface area contributed by atoms with E-state index in [9.17, 15) is 0 Å². The Balaban J connectivity index is -0.0000000610. The molecule has 0 amide bonds. The van der Waals surface area contributed by atoms with E-state index >= 15 is 0 Å². The maximum atomic E-state index is 6.21. The van der Waals surface area contributed by atoms with Crippen LogP contribution in [0.2, 0.25) is 0 Å². The molecule has 0 fully saturated rings. The summed E-state index contributed by atoms with van der Waals surface area (Å²) in [5.41, 5.74) is 0. The van der Waals surface area contributed by atoms with Crippen LogP contribution in [0.3, 0.4) is 0 Å². The molecular weight excluding hydrogens is 232 g/mol. The van der Waals surface area contributed by atoms with Crippen LogP contribution in [-0.2, 0) is 33.4 Å². The van der Waals surface area contributed by atoms with Gasteiger partial charge in [0.1, 0.15) is 29.1 Å². The molecule has 0 aliphatic heterocycles. The van der Waals surface area contributed by atoms with Crippen LogP contribution in [0, 0.1) is 0 Å². The molecule has 0 spiro atoms. The molecule has 4 N–H and O–H groups in total. The van der Waals surface area contributed by atoms with Crippen molar-refractivity contribution >= 4 is 15.9 Å². The van der Waals surface area contributed by atoms with E-state index < -0.39 is 0 Å². The van der Waals surface area contributed by atoms with E-state index in [1.54, 1.807) is 13.8 Å². The minimum atomic E-state index is -0.178. The standard InChI is InChI=1S/2C2H6O.2C2H5O.Al.Sc/c4*1-2-3;;/h2*3H,2H2,1H3;2*2H2,1H3;;/q;;2*-1;+1;/p+2. The van der Waals surface area contributed by atoms with Gasteiger partial charge in [-0.15, -0.1) is 0 Å². The van der Waals surface area contributed by atoms with E-state index in [2.05, 4.69) is 0 Å². The summed E-state index contributed by atoms with van der Waals surface area (Å²) in [7, 11) is 0. The fraction of sp³-hybridized carbons (Fsp3) is 1.00. The molecule has 0 rings (SSSR count). The van der Waals surface area contributed by atoms with Crippen LogP contribution in [0.4, 0.5) is 0 Å². The summed E-state index contributed by atoms with van der Waals surface area (Å²) in [5, 5.41) is 12.4. The maximum Gasteiger partial charge on any atom is 0.140 e. The van der Waals surface area contributed by atoms with Crippen LogP contribution in [0.5, 0.6) is 0 Å². The molecule has 0 aromatic carbocycles. The van der Waals surface area contributed by atoms with E-state index in [4.69, 9.17) is 17.8 Å². The quantitative estimate of drug-likeness (QED) is 0.405. The molecule has 0 atom stereocenters. The molecule has 0 saturated heterocycles. The zero-order valence-electron chi connectivity index (χ0n) is 9.80. The SMILES string of the molecule is CC[OH2+].CC[OH2+].CC[O][Al-][O]CC.[Sc]. The Morgan fingerprint density at radius 3 is 1.21 bits per heavy atom. The second kappa shape index (κ2) is 36.8. The van der Waals surface area contributed by atoms with Crippen molar-refractivity contribution < 1.29 is 43.6 Å². The van der Waals surface area contributed by atoms with Crippen LogP contribution in [-0.4, -0.2) is 52.5 Å². The number of rotatable bonds is 4. The third kappa shape index (κ3) is 72.2. The third-order valence-electron chi connectivity index (χ3n) is 0.469. The normalized spacial score (nSPS) is 7.29. The molecule has 0 aliphatic carbocycles. The van der Waals surface area contributed by atoms with Gasteiger partial charge < -0.3 is 17.8 Å². The first-order valence-electron chi connectivity index (χ1n) is 4.58. The van der Waals surface area contributed by atoms with Crippen molar-refractivity contribution in [2.24, 2.45) is 0 Å². The van der Waals surface area contributed by atoms with Gasteiger partial charge in [-0.3, -0.25) is 0 Å². The molecular formula is C8H24AlO4Sc+. The second-order valence-corrected chi connectivity index (χ2v) is 2.57. The summed E-state index contributed by atoms with van der Waals surface area (Å²) in [4.78, 5) is 0. The Morgan fingerprint density at radius 2 is 1.07 bits per heavy atom. The summed E-state index contributed by atoms with van der Waals surface area (Å²) in [6.45, 7) is 10.1. The molecule has 85 valence electrons. The van der Waals surface area contributed by atoms with Gasteiger partial charge in [0.25, 0.3) is 0 Å². The van der Waals surface area contributed by atoms with Crippen molar-refractivity contribution in [3.8, 4) is 0 Å². The Bertz CT molecular complexity index is 54.6. The molecule has 0 unspecified atom stereocenters.